The van der Waals surface area contributed by atoms with Gasteiger partial charge in [-0.2, -0.15) is 0 Å². The van der Waals surface area contributed by atoms with Crippen molar-refractivity contribution in [3.63, 3.8) is 0 Å². The molecule has 0 amide bonds. The summed E-state index contributed by atoms with van der Waals surface area (Å²) >= 11 is 0. The standard InChI is InChI=1S/C15H11NO/c17-15-8-4-2-6-13(15)12-9-11-5-1-3-7-14(11)16-10-12/h1-10,17H. The van der Waals surface area contributed by atoms with E-state index in [0.29, 0.717) is 0 Å². The number of fused-ring (bicyclic) bond motifs is 1. The first kappa shape index (κ1) is 9.85. The molecule has 0 saturated carbocycles. The minimum Gasteiger partial charge on any atom is -0.507 e. The smallest absolute Gasteiger partial charge is 0.123 e. The SMILES string of the molecule is Oc1ccccc1-c1cnc2ccccc2c1. The van der Waals surface area contributed by atoms with Gasteiger partial charge >= 0.3 is 0 Å². The zero-order valence-corrected chi connectivity index (χ0v) is 9.17. The van der Waals surface area contributed by atoms with Crippen LogP contribution < -0.4 is 0 Å². The molecule has 82 valence electrons. The minimum atomic E-state index is 0.282. The highest BCUT2D eigenvalue weighted by atomic mass is 16.3. The highest BCUT2D eigenvalue weighted by molar-refractivity contribution is 5.84. The molecule has 0 saturated heterocycles. The number of rotatable bonds is 1. The molecule has 0 spiro atoms. The molecule has 0 unspecified atom stereocenters. The topological polar surface area (TPSA) is 33.1 Å². The van der Waals surface area contributed by atoms with Gasteiger partial charge in [-0.15, -0.1) is 0 Å². The largest absolute Gasteiger partial charge is 0.507 e. The van der Waals surface area contributed by atoms with Gasteiger partial charge in [0.25, 0.3) is 0 Å². The Morgan fingerprint density at radius 1 is 0.882 bits per heavy atom. The molecule has 3 aromatic rings. The summed E-state index contributed by atoms with van der Waals surface area (Å²) in [5.74, 6) is 0.282. The van der Waals surface area contributed by atoms with Crippen LogP contribution in [0.3, 0.4) is 0 Å². The highest BCUT2D eigenvalue weighted by Gasteiger charge is 2.04. The normalized spacial score (nSPS) is 10.6. The van der Waals surface area contributed by atoms with Crippen molar-refractivity contribution in [2.45, 2.75) is 0 Å². The molecule has 3 rings (SSSR count). The van der Waals surface area contributed by atoms with E-state index in [1.165, 1.54) is 0 Å². The van der Waals surface area contributed by atoms with Crippen molar-refractivity contribution < 1.29 is 5.11 Å². The number of nitrogens with zero attached hydrogens (tertiary/aromatic N) is 1. The summed E-state index contributed by atoms with van der Waals surface area (Å²) < 4.78 is 0. The van der Waals surface area contributed by atoms with Crippen LogP contribution in [0.5, 0.6) is 5.75 Å². The molecule has 1 aromatic heterocycles. The fourth-order valence-corrected chi connectivity index (χ4v) is 1.94. The van der Waals surface area contributed by atoms with Crippen molar-refractivity contribution in [1.82, 2.24) is 4.98 Å². The van der Waals surface area contributed by atoms with Gasteiger partial charge in [-0.05, 0) is 18.2 Å². The minimum absolute atomic E-state index is 0.282. The first-order valence-electron chi connectivity index (χ1n) is 5.48. The van der Waals surface area contributed by atoms with Gasteiger partial charge < -0.3 is 5.11 Å². The third kappa shape index (κ3) is 1.74. The van der Waals surface area contributed by atoms with Gasteiger partial charge in [-0.3, -0.25) is 4.98 Å². The van der Waals surface area contributed by atoms with Crippen molar-refractivity contribution >= 4 is 10.9 Å². The average Bonchev–Trinajstić information content (AvgIpc) is 2.39. The number of benzene rings is 2. The number of pyridine rings is 1. The molecule has 17 heavy (non-hydrogen) atoms. The van der Waals surface area contributed by atoms with Crippen LogP contribution in [0, 0.1) is 0 Å². The van der Waals surface area contributed by atoms with Crippen molar-refractivity contribution in [1.29, 1.82) is 0 Å². The molecule has 0 atom stereocenters. The lowest BCUT2D eigenvalue weighted by atomic mass is 10.0. The van der Waals surface area contributed by atoms with E-state index in [-0.39, 0.29) is 5.75 Å². The van der Waals surface area contributed by atoms with Gasteiger partial charge in [0.15, 0.2) is 0 Å². The Kier molecular flexibility index (Phi) is 2.26. The van der Waals surface area contributed by atoms with Gasteiger partial charge in [0, 0.05) is 22.7 Å². The van der Waals surface area contributed by atoms with Crippen LogP contribution in [0.15, 0.2) is 60.8 Å². The summed E-state index contributed by atoms with van der Waals surface area (Å²) in [6, 6.07) is 17.3. The molecule has 0 aliphatic carbocycles. The molecular formula is C15H11NO. The molecule has 2 nitrogen and oxygen atoms in total. The summed E-state index contributed by atoms with van der Waals surface area (Å²) in [6.45, 7) is 0. The first-order valence-corrected chi connectivity index (χ1v) is 5.48. The number of aromatic nitrogens is 1. The van der Waals surface area contributed by atoms with E-state index in [2.05, 4.69) is 4.98 Å². The molecule has 1 N–H and O–H groups in total. The van der Waals surface area contributed by atoms with E-state index in [0.717, 1.165) is 22.0 Å². The van der Waals surface area contributed by atoms with Crippen LogP contribution in [0.2, 0.25) is 0 Å². The predicted molar refractivity (Wildman–Crippen MR) is 68.8 cm³/mol. The Morgan fingerprint density at radius 3 is 2.53 bits per heavy atom. The molecule has 2 heteroatoms. The summed E-state index contributed by atoms with van der Waals surface area (Å²) in [6.07, 6.45) is 1.79. The summed E-state index contributed by atoms with van der Waals surface area (Å²) in [7, 11) is 0. The Bertz CT molecular complexity index is 676. The zero-order valence-electron chi connectivity index (χ0n) is 9.17. The van der Waals surface area contributed by atoms with E-state index in [1.807, 2.05) is 48.5 Å². The maximum atomic E-state index is 9.81. The Labute approximate surface area is 99.2 Å². The Morgan fingerprint density at radius 2 is 1.65 bits per heavy atom. The zero-order chi connectivity index (χ0) is 11.7. The fraction of sp³-hybridized carbons (Fsp3) is 0. The maximum absolute atomic E-state index is 9.81. The number of hydrogen-bond donors (Lipinski definition) is 1. The number of aromatic hydroxyl groups is 1. The summed E-state index contributed by atoms with van der Waals surface area (Å²) in [4.78, 5) is 4.39. The van der Waals surface area contributed by atoms with Crippen LogP contribution in [0.4, 0.5) is 0 Å². The quantitative estimate of drug-likeness (QED) is 0.681. The Balaban J connectivity index is 2.22. The van der Waals surface area contributed by atoms with Crippen LogP contribution >= 0.6 is 0 Å². The highest BCUT2D eigenvalue weighted by Crippen LogP contribution is 2.29. The fourth-order valence-electron chi connectivity index (χ4n) is 1.94. The molecule has 0 radical (unpaired) electrons. The molecule has 0 aliphatic rings. The van der Waals surface area contributed by atoms with Gasteiger partial charge in [0.2, 0.25) is 0 Å². The van der Waals surface area contributed by atoms with Crippen LogP contribution in [-0.2, 0) is 0 Å². The second-order valence-corrected chi connectivity index (χ2v) is 3.93. The molecule has 0 aliphatic heterocycles. The second-order valence-electron chi connectivity index (χ2n) is 3.93. The van der Waals surface area contributed by atoms with Gasteiger partial charge in [0.1, 0.15) is 5.75 Å². The van der Waals surface area contributed by atoms with Gasteiger partial charge in [-0.1, -0.05) is 36.4 Å². The first-order chi connectivity index (χ1) is 8.34. The molecule has 1 heterocycles. The Hall–Kier alpha value is -2.35. The van der Waals surface area contributed by atoms with Crippen LogP contribution in [-0.4, -0.2) is 10.1 Å². The molecule has 0 fully saturated rings. The average molecular weight is 221 g/mol. The van der Waals surface area contributed by atoms with E-state index in [4.69, 9.17) is 0 Å². The predicted octanol–water partition coefficient (Wildman–Crippen LogP) is 3.61. The van der Waals surface area contributed by atoms with Crippen molar-refractivity contribution in [2.75, 3.05) is 0 Å². The van der Waals surface area contributed by atoms with E-state index < -0.39 is 0 Å². The number of para-hydroxylation sites is 2. The monoisotopic (exact) mass is 221 g/mol. The lowest BCUT2D eigenvalue weighted by molar-refractivity contribution is 0.477. The van der Waals surface area contributed by atoms with Gasteiger partial charge in [-0.25, -0.2) is 0 Å². The lowest BCUT2D eigenvalue weighted by Crippen LogP contribution is -1.83. The number of phenolic OH excluding ortho intramolecular Hbond substituents is 1. The molecule has 0 bridgehead atoms. The molecule has 2 aromatic carbocycles. The third-order valence-corrected chi connectivity index (χ3v) is 2.81. The number of hydrogen-bond acceptors (Lipinski definition) is 2. The van der Waals surface area contributed by atoms with Crippen LogP contribution in [0.1, 0.15) is 0 Å². The van der Waals surface area contributed by atoms with E-state index in [1.54, 1.807) is 12.3 Å². The van der Waals surface area contributed by atoms with Gasteiger partial charge in [0.05, 0.1) is 5.52 Å². The maximum Gasteiger partial charge on any atom is 0.123 e. The second kappa shape index (κ2) is 3.91. The van der Waals surface area contributed by atoms with Crippen molar-refractivity contribution in [3.8, 4) is 16.9 Å². The van der Waals surface area contributed by atoms with Crippen LogP contribution in [0.25, 0.3) is 22.0 Å². The lowest BCUT2D eigenvalue weighted by Gasteiger charge is -2.05. The van der Waals surface area contributed by atoms with E-state index in [9.17, 15) is 5.11 Å². The van der Waals surface area contributed by atoms with E-state index >= 15 is 0 Å². The van der Waals surface area contributed by atoms with Crippen molar-refractivity contribution in [3.05, 3.63) is 60.8 Å². The molecular weight excluding hydrogens is 210 g/mol. The van der Waals surface area contributed by atoms with Crippen molar-refractivity contribution in [2.24, 2.45) is 0 Å². The number of phenols is 1. The summed E-state index contributed by atoms with van der Waals surface area (Å²) in [5, 5.41) is 10.9. The summed E-state index contributed by atoms with van der Waals surface area (Å²) in [5.41, 5.74) is 2.71. The third-order valence-electron chi connectivity index (χ3n) is 2.81.